The molecule has 2 aromatic rings. The van der Waals surface area contributed by atoms with Gasteiger partial charge in [-0.2, -0.15) is 0 Å². The zero-order valence-electron chi connectivity index (χ0n) is 13.8. The molecule has 0 fully saturated rings. The number of nitrogens with two attached hydrogens (primary N) is 1. The van der Waals surface area contributed by atoms with E-state index in [9.17, 15) is 9.59 Å². The number of nitrogens with one attached hydrogen (secondary N) is 1. The third-order valence-electron chi connectivity index (χ3n) is 3.74. The molecule has 1 atom stereocenters. The summed E-state index contributed by atoms with van der Waals surface area (Å²) in [6.07, 6.45) is 0. The van der Waals surface area contributed by atoms with Gasteiger partial charge >= 0.3 is 0 Å². The summed E-state index contributed by atoms with van der Waals surface area (Å²) in [6.45, 7) is 1.74. The first-order valence-corrected chi connectivity index (χ1v) is 7.39. The first kappa shape index (κ1) is 17.3. The van der Waals surface area contributed by atoms with Crippen molar-refractivity contribution in [3.63, 3.8) is 0 Å². The fourth-order valence-corrected chi connectivity index (χ4v) is 2.20. The zero-order valence-corrected chi connectivity index (χ0v) is 13.8. The van der Waals surface area contributed by atoms with Gasteiger partial charge in [0.1, 0.15) is 0 Å². The van der Waals surface area contributed by atoms with E-state index in [0.29, 0.717) is 22.7 Å². The van der Waals surface area contributed by atoms with Crippen LogP contribution in [0.4, 0.5) is 5.69 Å². The minimum absolute atomic E-state index is 0.272. The van der Waals surface area contributed by atoms with Crippen molar-refractivity contribution >= 4 is 17.5 Å². The maximum Gasteiger partial charge on any atom is 0.255 e. The summed E-state index contributed by atoms with van der Waals surface area (Å²) in [6, 6.07) is 11.9. The molecule has 3 N–H and O–H groups in total. The Morgan fingerprint density at radius 3 is 2.17 bits per heavy atom. The van der Waals surface area contributed by atoms with Crippen LogP contribution < -0.4 is 20.5 Å². The Kier molecular flexibility index (Phi) is 5.42. The number of rotatable bonds is 6. The Hall–Kier alpha value is -3.02. The topological polar surface area (TPSA) is 90.6 Å². The molecular formula is C18H20N2O4. The average Bonchev–Trinajstić information content (AvgIpc) is 2.60. The molecule has 24 heavy (non-hydrogen) atoms. The van der Waals surface area contributed by atoms with Gasteiger partial charge in [0.25, 0.3) is 5.91 Å². The van der Waals surface area contributed by atoms with Crippen LogP contribution >= 0.6 is 0 Å². The van der Waals surface area contributed by atoms with Gasteiger partial charge in [-0.3, -0.25) is 9.59 Å². The summed E-state index contributed by atoms with van der Waals surface area (Å²) in [5.41, 5.74) is 7.15. The van der Waals surface area contributed by atoms with Crippen LogP contribution in [0, 0.1) is 0 Å². The number of benzene rings is 2. The van der Waals surface area contributed by atoms with Gasteiger partial charge < -0.3 is 20.5 Å². The molecule has 6 nitrogen and oxygen atoms in total. The van der Waals surface area contributed by atoms with Crippen molar-refractivity contribution < 1.29 is 19.1 Å². The molecule has 0 saturated carbocycles. The molecule has 0 radical (unpaired) electrons. The van der Waals surface area contributed by atoms with E-state index in [4.69, 9.17) is 15.2 Å². The number of methoxy groups -OCH3 is 2. The second kappa shape index (κ2) is 7.50. The van der Waals surface area contributed by atoms with Gasteiger partial charge in [0.15, 0.2) is 11.5 Å². The Bertz CT molecular complexity index is 741. The predicted molar refractivity (Wildman–Crippen MR) is 91.6 cm³/mol. The Morgan fingerprint density at radius 1 is 1.00 bits per heavy atom. The zero-order chi connectivity index (χ0) is 17.7. The minimum atomic E-state index is -0.392. The van der Waals surface area contributed by atoms with Gasteiger partial charge in [-0.25, -0.2) is 0 Å². The highest BCUT2D eigenvalue weighted by Crippen LogP contribution is 2.28. The Morgan fingerprint density at radius 2 is 1.62 bits per heavy atom. The molecule has 0 aromatic heterocycles. The summed E-state index contributed by atoms with van der Waals surface area (Å²) >= 11 is 0. The van der Waals surface area contributed by atoms with E-state index in [-0.39, 0.29) is 11.8 Å². The fourth-order valence-electron chi connectivity index (χ4n) is 2.20. The van der Waals surface area contributed by atoms with E-state index >= 15 is 0 Å². The van der Waals surface area contributed by atoms with Gasteiger partial charge in [-0.1, -0.05) is 12.1 Å². The van der Waals surface area contributed by atoms with Crippen molar-refractivity contribution in [1.29, 1.82) is 0 Å². The van der Waals surface area contributed by atoms with E-state index in [1.54, 1.807) is 49.4 Å². The molecule has 0 heterocycles. The molecule has 2 rings (SSSR count). The van der Waals surface area contributed by atoms with Gasteiger partial charge in [-0.15, -0.1) is 0 Å². The lowest BCUT2D eigenvalue weighted by Gasteiger charge is -2.11. The average molecular weight is 328 g/mol. The lowest BCUT2D eigenvalue weighted by Crippen LogP contribution is -2.18. The number of hydrogen-bond acceptors (Lipinski definition) is 4. The highest BCUT2D eigenvalue weighted by atomic mass is 16.5. The van der Waals surface area contributed by atoms with E-state index in [1.165, 1.54) is 14.2 Å². The second-order valence-corrected chi connectivity index (χ2v) is 5.27. The third-order valence-corrected chi connectivity index (χ3v) is 3.74. The molecule has 2 amide bonds. The maximum absolute atomic E-state index is 12.3. The van der Waals surface area contributed by atoms with Crippen LogP contribution in [0.25, 0.3) is 0 Å². The number of hydrogen-bond donors (Lipinski definition) is 2. The minimum Gasteiger partial charge on any atom is -0.493 e. The Labute approximate surface area is 140 Å². The van der Waals surface area contributed by atoms with Crippen LogP contribution in [0.15, 0.2) is 42.5 Å². The van der Waals surface area contributed by atoms with Gasteiger partial charge in [0.2, 0.25) is 5.91 Å². The van der Waals surface area contributed by atoms with Crippen LogP contribution in [-0.4, -0.2) is 26.0 Å². The van der Waals surface area contributed by atoms with Crippen molar-refractivity contribution in [2.45, 2.75) is 12.8 Å². The highest BCUT2D eigenvalue weighted by molar-refractivity contribution is 6.04. The summed E-state index contributed by atoms with van der Waals surface area (Å²) < 4.78 is 10.3. The molecule has 0 bridgehead atoms. The molecule has 0 aliphatic heterocycles. The molecule has 6 heteroatoms. The summed E-state index contributed by atoms with van der Waals surface area (Å²) in [5.74, 6) is -0.000935. The number of primary amides is 1. The molecule has 0 aliphatic carbocycles. The quantitative estimate of drug-likeness (QED) is 0.852. The van der Waals surface area contributed by atoms with Crippen molar-refractivity contribution in [2.24, 2.45) is 5.73 Å². The SMILES string of the molecule is COc1ccc(C(=O)Nc2ccc(C(C)C(N)=O)cc2)cc1OC. The van der Waals surface area contributed by atoms with Gasteiger partial charge in [-0.05, 0) is 42.8 Å². The van der Waals surface area contributed by atoms with E-state index in [0.717, 1.165) is 5.56 Å². The summed E-state index contributed by atoms with van der Waals surface area (Å²) in [7, 11) is 3.05. The molecule has 126 valence electrons. The maximum atomic E-state index is 12.3. The van der Waals surface area contributed by atoms with E-state index in [2.05, 4.69) is 5.32 Å². The van der Waals surface area contributed by atoms with Crippen molar-refractivity contribution in [3.05, 3.63) is 53.6 Å². The second-order valence-electron chi connectivity index (χ2n) is 5.27. The lowest BCUT2D eigenvalue weighted by atomic mass is 10.0. The van der Waals surface area contributed by atoms with E-state index < -0.39 is 5.91 Å². The molecule has 0 aliphatic rings. The molecular weight excluding hydrogens is 308 g/mol. The standard InChI is InChI=1S/C18H20N2O4/c1-11(17(19)21)12-4-7-14(8-5-12)20-18(22)13-6-9-15(23-2)16(10-13)24-3/h4-11H,1-3H3,(H2,19,21)(H,20,22). The number of carbonyl (C=O) groups excluding carboxylic acids is 2. The lowest BCUT2D eigenvalue weighted by molar-refractivity contribution is -0.119. The monoisotopic (exact) mass is 328 g/mol. The number of anilines is 1. The first-order chi connectivity index (χ1) is 11.5. The van der Waals surface area contributed by atoms with Crippen molar-refractivity contribution in [3.8, 4) is 11.5 Å². The van der Waals surface area contributed by atoms with Crippen LogP contribution in [0.3, 0.4) is 0 Å². The smallest absolute Gasteiger partial charge is 0.255 e. The predicted octanol–water partition coefficient (Wildman–Crippen LogP) is 2.54. The van der Waals surface area contributed by atoms with E-state index in [1.807, 2.05) is 0 Å². The fraction of sp³-hybridized carbons (Fsp3) is 0.222. The first-order valence-electron chi connectivity index (χ1n) is 7.39. The Balaban J connectivity index is 2.13. The van der Waals surface area contributed by atoms with Crippen LogP contribution in [0.2, 0.25) is 0 Å². The highest BCUT2D eigenvalue weighted by Gasteiger charge is 2.13. The number of ether oxygens (including phenoxy) is 2. The van der Waals surface area contributed by atoms with Gasteiger partial charge in [0, 0.05) is 11.3 Å². The largest absolute Gasteiger partial charge is 0.493 e. The molecule has 0 saturated heterocycles. The van der Waals surface area contributed by atoms with Gasteiger partial charge in [0.05, 0.1) is 20.1 Å². The molecule has 0 spiro atoms. The molecule has 1 unspecified atom stereocenters. The van der Waals surface area contributed by atoms with Crippen molar-refractivity contribution in [2.75, 3.05) is 19.5 Å². The summed E-state index contributed by atoms with van der Waals surface area (Å²) in [5, 5.41) is 2.79. The van der Waals surface area contributed by atoms with Crippen LogP contribution in [0.1, 0.15) is 28.8 Å². The van der Waals surface area contributed by atoms with Crippen molar-refractivity contribution in [1.82, 2.24) is 0 Å². The van der Waals surface area contributed by atoms with Crippen LogP contribution in [-0.2, 0) is 4.79 Å². The third kappa shape index (κ3) is 3.84. The normalized spacial score (nSPS) is 11.5. The van der Waals surface area contributed by atoms with Crippen LogP contribution in [0.5, 0.6) is 11.5 Å². The summed E-state index contributed by atoms with van der Waals surface area (Å²) in [4.78, 5) is 23.5. The molecule has 2 aromatic carbocycles. The number of amides is 2. The number of carbonyl (C=O) groups is 2.